The number of likely N-dealkylation sites (N-methyl/N-ethyl adjacent to an activating group) is 1. The number of halogens is 1. The molecule has 0 radical (unpaired) electrons. The van der Waals surface area contributed by atoms with Crippen molar-refractivity contribution in [3.05, 3.63) is 28.7 Å². The van der Waals surface area contributed by atoms with Crippen LogP contribution in [-0.4, -0.2) is 31.4 Å². The zero-order valence-electron chi connectivity index (χ0n) is 10.9. The second kappa shape index (κ2) is 6.55. The molecule has 100 valence electrons. The van der Waals surface area contributed by atoms with Gasteiger partial charge in [0.15, 0.2) is 0 Å². The van der Waals surface area contributed by atoms with Crippen LogP contribution in [0.4, 0.5) is 0 Å². The van der Waals surface area contributed by atoms with Crippen LogP contribution in [-0.2, 0) is 4.74 Å². The standard InChI is InChI=1S/C14H20BrNO2/c1-3-16-11-9-13(14(11)17-4-2)18-12-8-6-5-7-10(12)15/h5-8,11,13-14,16H,3-4,9H2,1-2H3. The van der Waals surface area contributed by atoms with Gasteiger partial charge in [-0.25, -0.2) is 0 Å². The second-order valence-corrected chi connectivity index (χ2v) is 5.26. The first-order chi connectivity index (χ1) is 8.76. The van der Waals surface area contributed by atoms with Gasteiger partial charge < -0.3 is 14.8 Å². The van der Waals surface area contributed by atoms with E-state index in [4.69, 9.17) is 9.47 Å². The molecule has 0 bridgehead atoms. The zero-order chi connectivity index (χ0) is 13.0. The maximum Gasteiger partial charge on any atom is 0.134 e. The normalized spacial score (nSPS) is 26.7. The van der Waals surface area contributed by atoms with E-state index >= 15 is 0 Å². The van der Waals surface area contributed by atoms with Gasteiger partial charge in [-0.3, -0.25) is 0 Å². The minimum atomic E-state index is 0.146. The minimum absolute atomic E-state index is 0.146. The van der Waals surface area contributed by atoms with E-state index in [0.717, 1.165) is 29.8 Å². The van der Waals surface area contributed by atoms with Gasteiger partial charge in [0.2, 0.25) is 0 Å². The summed E-state index contributed by atoms with van der Waals surface area (Å²) in [6.45, 7) is 5.83. The average molecular weight is 314 g/mol. The van der Waals surface area contributed by atoms with Crippen LogP contribution in [0, 0.1) is 0 Å². The molecule has 3 atom stereocenters. The minimum Gasteiger partial charge on any atom is -0.486 e. The Hall–Kier alpha value is -0.580. The second-order valence-electron chi connectivity index (χ2n) is 4.41. The largest absolute Gasteiger partial charge is 0.486 e. The van der Waals surface area contributed by atoms with E-state index in [0.29, 0.717) is 6.04 Å². The molecule has 0 spiro atoms. The number of hydrogen-bond donors (Lipinski definition) is 1. The Balaban J connectivity index is 1.96. The molecule has 3 nitrogen and oxygen atoms in total. The van der Waals surface area contributed by atoms with Gasteiger partial charge in [0.05, 0.1) is 4.47 Å². The highest BCUT2D eigenvalue weighted by molar-refractivity contribution is 9.10. The monoisotopic (exact) mass is 313 g/mol. The fraction of sp³-hybridized carbons (Fsp3) is 0.571. The third-order valence-corrected chi connectivity index (χ3v) is 3.84. The molecule has 18 heavy (non-hydrogen) atoms. The third-order valence-electron chi connectivity index (χ3n) is 3.19. The van der Waals surface area contributed by atoms with Gasteiger partial charge in [0, 0.05) is 19.1 Å². The summed E-state index contributed by atoms with van der Waals surface area (Å²) in [4.78, 5) is 0. The van der Waals surface area contributed by atoms with E-state index in [1.54, 1.807) is 0 Å². The molecule has 4 heteroatoms. The Morgan fingerprint density at radius 2 is 2.11 bits per heavy atom. The maximum atomic E-state index is 6.01. The van der Waals surface area contributed by atoms with Crippen molar-refractivity contribution in [2.75, 3.05) is 13.2 Å². The molecule has 1 saturated carbocycles. The number of nitrogens with one attached hydrogen (secondary N) is 1. The molecule has 1 fully saturated rings. The fourth-order valence-electron chi connectivity index (χ4n) is 2.28. The van der Waals surface area contributed by atoms with Crippen LogP contribution in [0.25, 0.3) is 0 Å². The van der Waals surface area contributed by atoms with Crippen molar-refractivity contribution in [1.29, 1.82) is 0 Å². The van der Waals surface area contributed by atoms with Crippen molar-refractivity contribution in [2.24, 2.45) is 0 Å². The predicted molar refractivity (Wildman–Crippen MR) is 76.1 cm³/mol. The van der Waals surface area contributed by atoms with Crippen molar-refractivity contribution in [3.63, 3.8) is 0 Å². The number of rotatable bonds is 6. The topological polar surface area (TPSA) is 30.5 Å². The van der Waals surface area contributed by atoms with E-state index in [9.17, 15) is 0 Å². The van der Waals surface area contributed by atoms with Crippen molar-refractivity contribution in [1.82, 2.24) is 5.32 Å². The molecular weight excluding hydrogens is 294 g/mol. The van der Waals surface area contributed by atoms with Crippen LogP contribution in [0.15, 0.2) is 28.7 Å². The van der Waals surface area contributed by atoms with Crippen LogP contribution < -0.4 is 10.1 Å². The average Bonchev–Trinajstić information content (AvgIpc) is 2.37. The first-order valence-corrected chi connectivity index (χ1v) is 7.31. The van der Waals surface area contributed by atoms with E-state index in [1.807, 2.05) is 31.2 Å². The molecule has 1 N–H and O–H groups in total. The lowest BCUT2D eigenvalue weighted by Gasteiger charge is -2.44. The summed E-state index contributed by atoms with van der Waals surface area (Å²) in [7, 11) is 0. The van der Waals surface area contributed by atoms with Gasteiger partial charge in [-0.05, 0) is 41.5 Å². The Labute approximate surface area is 117 Å². The van der Waals surface area contributed by atoms with Crippen molar-refractivity contribution in [2.45, 2.75) is 38.5 Å². The Morgan fingerprint density at radius 3 is 2.78 bits per heavy atom. The highest BCUT2D eigenvalue weighted by Gasteiger charge is 2.43. The van der Waals surface area contributed by atoms with E-state index in [1.165, 1.54) is 0 Å². The quantitative estimate of drug-likeness (QED) is 0.876. The first kappa shape index (κ1) is 13.8. The van der Waals surface area contributed by atoms with Gasteiger partial charge in [0.1, 0.15) is 18.0 Å². The molecule has 1 aromatic rings. The molecule has 0 amide bonds. The molecular formula is C14H20BrNO2. The smallest absolute Gasteiger partial charge is 0.134 e. The fourth-order valence-corrected chi connectivity index (χ4v) is 2.66. The number of hydrogen-bond acceptors (Lipinski definition) is 3. The van der Waals surface area contributed by atoms with E-state index in [-0.39, 0.29) is 12.2 Å². The van der Waals surface area contributed by atoms with E-state index in [2.05, 4.69) is 28.2 Å². The van der Waals surface area contributed by atoms with Gasteiger partial charge >= 0.3 is 0 Å². The third kappa shape index (κ3) is 3.05. The van der Waals surface area contributed by atoms with Gasteiger partial charge in [-0.15, -0.1) is 0 Å². The van der Waals surface area contributed by atoms with Crippen LogP contribution >= 0.6 is 15.9 Å². The molecule has 1 aliphatic rings. The Morgan fingerprint density at radius 1 is 1.33 bits per heavy atom. The molecule has 1 aliphatic carbocycles. The summed E-state index contributed by atoms with van der Waals surface area (Å²) >= 11 is 3.50. The van der Waals surface area contributed by atoms with Crippen LogP contribution in [0.3, 0.4) is 0 Å². The summed E-state index contributed by atoms with van der Waals surface area (Å²) < 4.78 is 12.8. The Bertz CT molecular complexity index is 386. The lowest BCUT2D eigenvalue weighted by molar-refractivity contribution is -0.104. The first-order valence-electron chi connectivity index (χ1n) is 6.52. The highest BCUT2D eigenvalue weighted by Crippen LogP contribution is 2.32. The van der Waals surface area contributed by atoms with Gasteiger partial charge in [0.25, 0.3) is 0 Å². The van der Waals surface area contributed by atoms with Gasteiger partial charge in [-0.1, -0.05) is 19.1 Å². The Kier molecular flexibility index (Phi) is 5.03. The van der Waals surface area contributed by atoms with Gasteiger partial charge in [-0.2, -0.15) is 0 Å². The van der Waals surface area contributed by atoms with Crippen molar-refractivity contribution in [3.8, 4) is 5.75 Å². The van der Waals surface area contributed by atoms with Crippen LogP contribution in [0.2, 0.25) is 0 Å². The number of para-hydroxylation sites is 1. The van der Waals surface area contributed by atoms with Crippen LogP contribution in [0.1, 0.15) is 20.3 Å². The summed E-state index contributed by atoms with van der Waals surface area (Å²) in [5.74, 6) is 0.891. The zero-order valence-corrected chi connectivity index (χ0v) is 12.4. The molecule has 0 saturated heterocycles. The molecule has 2 rings (SSSR count). The number of ether oxygens (including phenoxy) is 2. The summed E-state index contributed by atoms with van der Waals surface area (Å²) in [5, 5.41) is 3.43. The van der Waals surface area contributed by atoms with Crippen molar-refractivity contribution >= 4 is 15.9 Å². The lowest BCUT2D eigenvalue weighted by atomic mass is 9.85. The SMILES string of the molecule is CCNC1CC(Oc2ccccc2Br)C1OCC. The van der Waals surface area contributed by atoms with Crippen LogP contribution in [0.5, 0.6) is 5.75 Å². The molecule has 3 unspecified atom stereocenters. The number of benzene rings is 1. The van der Waals surface area contributed by atoms with E-state index < -0.39 is 0 Å². The lowest BCUT2D eigenvalue weighted by Crippen LogP contribution is -2.61. The van der Waals surface area contributed by atoms with Crippen molar-refractivity contribution < 1.29 is 9.47 Å². The molecule has 1 aromatic carbocycles. The summed E-state index contributed by atoms with van der Waals surface area (Å²) in [6.07, 6.45) is 1.30. The summed E-state index contributed by atoms with van der Waals surface area (Å²) in [5.41, 5.74) is 0. The highest BCUT2D eigenvalue weighted by atomic mass is 79.9. The molecule has 0 aliphatic heterocycles. The molecule has 0 heterocycles. The predicted octanol–water partition coefficient (Wildman–Crippen LogP) is 2.98. The molecule has 0 aromatic heterocycles. The summed E-state index contributed by atoms with van der Waals surface area (Å²) in [6, 6.07) is 8.36. The maximum absolute atomic E-state index is 6.01.